The van der Waals surface area contributed by atoms with Crippen molar-refractivity contribution in [3.8, 4) is 0 Å². The molecule has 0 fully saturated rings. The van der Waals surface area contributed by atoms with Crippen molar-refractivity contribution in [2.45, 2.75) is 6.92 Å². The van der Waals surface area contributed by atoms with Gasteiger partial charge in [0.1, 0.15) is 0 Å². The molecule has 0 atom stereocenters. The van der Waals surface area contributed by atoms with Crippen LogP contribution in [0.25, 0.3) is 0 Å². The van der Waals surface area contributed by atoms with Crippen molar-refractivity contribution in [3.63, 3.8) is 0 Å². The summed E-state index contributed by atoms with van der Waals surface area (Å²) in [5.41, 5.74) is 8.89. The number of anilines is 3. The van der Waals surface area contributed by atoms with E-state index in [9.17, 15) is 0 Å². The zero-order chi connectivity index (χ0) is 11.7. The van der Waals surface area contributed by atoms with Gasteiger partial charge in [0.25, 0.3) is 0 Å². The van der Waals surface area contributed by atoms with E-state index in [1.165, 1.54) is 5.56 Å². The van der Waals surface area contributed by atoms with Crippen molar-refractivity contribution in [2.75, 3.05) is 17.7 Å². The Labute approximate surface area is 95.3 Å². The van der Waals surface area contributed by atoms with Gasteiger partial charge >= 0.3 is 0 Å². The summed E-state index contributed by atoms with van der Waals surface area (Å²) >= 11 is 0. The van der Waals surface area contributed by atoms with Gasteiger partial charge in [-0.15, -0.1) is 0 Å². The van der Waals surface area contributed by atoms with Crippen molar-refractivity contribution in [1.29, 1.82) is 0 Å². The molecule has 0 radical (unpaired) electrons. The van der Waals surface area contributed by atoms with E-state index in [-0.39, 0.29) is 0 Å². The second-order valence-electron chi connectivity index (χ2n) is 3.98. The van der Waals surface area contributed by atoms with Gasteiger partial charge < -0.3 is 10.6 Å². The summed E-state index contributed by atoms with van der Waals surface area (Å²) in [4.78, 5) is 1.98. The van der Waals surface area contributed by atoms with Gasteiger partial charge in [-0.3, -0.25) is 4.68 Å². The van der Waals surface area contributed by atoms with E-state index in [1.54, 1.807) is 10.9 Å². The summed E-state index contributed by atoms with van der Waals surface area (Å²) in [6.45, 7) is 2.07. The van der Waals surface area contributed by atoms with Crippen LogP contribution in [-0.4, -0.2) is 16.8 Å². The van der Waals surface area contributed by atoms with Gasteiger partial charge in [-0.05, 0) is 19.1 Å². The summed E-state index contributed by atoms with van der Waals surface area (Å²) in [7, 11) is 3.83. The summed E-state index contributed by atoms with van der Waals surface area (Å²) in [6.07, 6.45) is 1.81. The average molecular weight is 216 g/mol. The van der Waals surface area contributed by atoms with Crippen molar-refractivity contribution in [1.82, 2.24) is 9.78 Å². The molecule has 2 aromatic rings. The van der Waals surface area contributed by atoms with Crippen LogP contribution in [-0.2, 0) is 7.05 Å². The van der Waals surface area contributed by atoms with Crippen LogP contribution in [0.4, 0.5) is 17.2 Å². The molecule has 0 saturated carbocycles. The first kappa shape index (κ1) is 10.5. The smallest absolute Gasteiger partial charge is 0.178 e. The van der Waals surface area contributed by atoms with E-state index in [0.29, 0.717) is 5.69 Å². The number of rotatable bonds is 2. The molecule has 0 unspecified atom stereocenters. The van der Waals surface area contributed by atoms with Gasteiger partial charge in [0.05, 0.1) is 5.69 Å². The minimum atomic E-state index is 0.686. The summed E-state index contributed by atoms with van der Waals surface area (Å²) in [5, 5.41) is 4.33. The lowest BCUT2D eigenvalue weighted by Gasteiger charge is -2.17. The monoisotopic (exact) mass is 216 g/mol. The maximum absolute atomic E-state index is 5.88. The van der Waals surface area contributed by atoms with E-state index in [0.717, 1.165) is 11.5 Å². The topological polar surface area (TPSA) is 47.1 Å². The molecule has 0 amide bonds. The highest BCUT2D eigenvalue weighted by molar-refractivity contribution is 5.70. The highest BCUT2D eigenvalue weighted by Gasteiger charge is 2.10. The Bertz CT molecular complexity index is 484. The predicted octanol–water partition coefficient (Wildman–Crippen LogP) is 2.08. The van der Waals surface area contributed by atoms with E-state index < -0.39 is 0 Å². The Balaban J connectivity index is 2.35. The molecule has 1 aromatic carbocycles. The molecule has 0 aliphatic rings. The van der Waals surface area contributed by atoms with Gasteiger partial charge in [-0.25, -0.2) is 0 Å². The maximum Gasteiger partial charge on any atom is 0.178 e. The molecule has 4 heteroatoms. The van der Waals surface area contributed by atoms with Gasteiger partial charge in [-0.1, -0.05) is 17.7 Å². The van der Waals surface area contributed by atoms with E-state index >= 15 is 0 Å². The first-order valence-electron chi connectivity index (χ1n) is 5.17. The van der Waals surface area contributed by atoms with Crippen LogP contribution in [0, 0.1) is 6.92 Å². The van der Waals surface area contributed by atoms with Crippen LogP contribution in [0.15, 0.2) is 30.5 Å². The number of aromatic nitrogens is 2. The van der Waals surface area contributed by atoms with Crippen LogP contribution < -0.4 is 10.6 Å². The fraction of sp³-hybridized carbons (Fsp3) is 0.250. The lowest BCUT2D eigenvalue weighted by atomic mass is 10.2. The summed E-state index contributed by atoms with van der Waals surface area (Å²) < 4.78 is 1.72. The zero-order valence-corrected chi connectivity index (χ0v) is 9.81. The first-order valence-corrected chi connectivity index (χ1v) is 5.17. The van der Waals surface area contributed by atoms with Crippen molar-refractivity contribution >= 4 is 17.2 Å². The number of hydrogen-bond acceptors (Lipinski definition) is 3. The SMILES string of the molecule is Cc1ccc(N(C)c2nn(C)cc2N)cc1. The molecule has 0 saturated heterocycles. The predicted molar refractivity (Wildman–Crippen MR) is 66.9 cm³/mol. The van der Waals surface area contributed by atoms with Gasteiger partial charge in [0.15, 0.2) is 5.82 Å². The lowest BCUT2D eigenvalue weighted by molar-refractivity contribution is 0.765. The molecule has 0 aliphatic carbocycles. The molecule has 2 rings (SSSR count). The standard InChI is InChI=1S/C12H16N4/c1-9-4-6-10(7-5-9)16(3)12-11(13)8-15(2)14-12/h4-8H,13H2,1-3H3. The maximum atomic E-state index is 5.88. The number of nitrogens with zero attached hydrogens (tertiary/aromatic N) is 3. The van der Waals surface area contributed by atoms with Crippen molar-refractivity contribution < 1.29 is 0 Å². The molecule has 0 spiro atoms. The van der Waals surface area contributed by atoms with Crippen molar-refractivity contribution in [2.24, 2.45) is 7.05 Å². The van der Waals surface area contributed by atoms with Crippen LogP contribution in [0.3, 0.4) is 0 Å². The normalized spacial score (nSPS) is 10.4. The van der Waals surface area contributed by atoms with Crippen molar-refractivity contribution in [3.05, 3.63) is 36.0 Å². The number of nitrogens with two attached hydrogens (primary N) is 1. The van der Waals surface area contributed by atoms with Crippen LogP contribution in [0.1, 0.15) is 5.56 Å². The minimum Gasteiger partial charge on any atom is -0.394 e. The van der Waals surface area contributed by atoms with E-state index in [2.05, 4.69) is 36.3 Å². The number of aryl methyl sites for hydroxylation is 2. The molecule has 84 valence electrons. The van der Waals surface area contributed by atoms with Gasteiger partial charge in [0.2, 0.25) is 0 Å². The third kappa shape index (κ3) is 1.86. The van der Waals surface area contributed by atoms with Gasteiger partial charge in [0, 0.05) is 26.0 Å². The highest BCUT2D eigenvalue weighted by atomic mass is 15.3. The fourth-order valence-electron chi connectivity index (χ4n) is 1.65. The third-order valence-electron chi connectivity index (χ3n) is 2.58. The van der Waals surface area contributed by atoms with Gasteiger partial charge in [-0.2, -0.15) is 5.10 Å². The molecule has 1 heterocycles. The molecule has 2 N–H and O–H groups in total. The van der Waals surface area contributed by atoms with E-state index in [4.69, 9.17) is 5.73 Å². The summed E-state index contributed by atoms with van der Waals surface area (Å²) in [6, 6.07) is 8.27. The highest BCUT2D eigenvalue weighted by Crippen LogP contribution is 2.26. The zero-order valence-electron chi connectivity index (χ0n) is 9.81. The molecular formula is C12H16N4. The Morgan fingerprint density at radius 2 is 1.88 bits per heavy atom. The quantitative estimate of drug-likeness (QED) is 0.836. The Kier molecular flexibility index (Phi) is 2.56. The fourth-order valence-corrected chi connectivity index (χ4v) is 1.65. The number of nitrogen functional groups attached to an aromatic ring is 1. The van der Waals surface area contributed by atoms with E-state index in [1.807, 2.05) is 19.0 Å². The molecule has 4 nitrogen and oxygen atoms in total. The molecule has 1 aromatic heterocycles. The summed E-state index contributed by atoms with van der Waals surface area (Å²) in [5.74, 6) is 0.784. The van der Waals surface area contributed by atoms with Crippen LogP contribution in [0.2, 0.25) is 0 Å². The molecular weight excluding hydrogens is 200 g/mol. The Morgan fingerprint density at radius 3 is 2.38 bits per heavy atom. The Morgan fingerprint density at radius 1 is 1.25 bits per heavy atom. The largest absolute Gasteiger partial charge is 0.394 e. The first-order chi connectivity index (χ1) is 7.58. The second kappa shape index (κ2) is 3.89. The second-order valence-corrected chi connectivity index (χ2v) is 3.98. The average Bonchev–Trinajstić information content (AvgIpc) is 2.58. The molecule has 0 bridgehead atoms. The van der Waals surface area contributed by atoms with Crippen LogP contribution >= 0.6 is 0 Å². The third-order valence-corrected chi connectivity index (χ3v) is 2.58. The Hall–Kier alpha value is -1.97. The number of benzene rings is 1. The molecule has 16 heavy (non-hydrogen) atoms. The molecule has 0 aliphatic heterocycles. The number of hydrogen-bond donors (Lipinski definition) is 1. The minimum absolute atomic E-state index is 0.686. The lowest BCUT2D eigenvalue weighted by Crippen LogP contribution is -2.11. The van der Waals surface area contributed by atoms with Crippen LogP contribution in [0.5, 0.6) is 0 Å².